The molecule has 2 aromatic carbocycles. The highest BCUT2D eigenvalue weighted by Gasteiger charge is 2.33. The van der Waals surface area contributed by atoms with E-state index in [1.165, 1.54) is 6.26 Å². The molecule has 1 aliphatic carbocycles. The SMILES string of the molecule is C[S+]([O-])c1cccc2c1C(=O)c1ccccc1C2=O. The van der Waals surface area contributed by atoms with Crippen LogP contribution in [0.25, 0.3) is 0 Å². The molecular formula is C15H10O3S. The molecule has 3 nitrogen and oxygen atoms in total. The van der Waals surface area contributed by atoms with Crippen molar-refractivity contribution in [1.29, 1.82) is 0 Å². The zero-order valence-corrected chi connectivity index (χ0v) is 11.0. The molecule has 0 radical (unpaired) electrons. The molecular weight excluding hydrogens is 260 g/mol. The van der Waals surface area contributed by atoms with Gasteiger partial charge in [-0.1, -0.05) is 30.3 Å². The van der Waals surface area contributed by atoms with Crippen LogP contribution >= 0.6 is 0 Å². The highest BCUT2D eigenvalue weighted by atomic mass is 32.2. The lowest BCUT2D eigenvalue weighted by atomic mass is 9.84. The fourth-order valence-corrected chi connectivity index (χ4v) is 3.11. The summed E-state index contributed by atoms with van der Waals surface area (Å²) >= 11 is -1.30. The van der Waals surface area contributed by atoms with E-state index in [0.29, 0.717) is 21.6 Å². The summed E-state index contributed by atoms with van der Waals surface area (Å²) < 4.78 is 11.7. The number of hydrogen-bond donors (Lipinski definition) is 0. The molecule has 1 aliphatic rings. The Kier molecular flexibility index (Phi) is 2.77. The van der Waals surface area contributed by atoms with Gasteiger partial charge in [-0.05, 0) is 23.3 Å². The molecule has 0 N–H and O–H groups in total. The second-order valence-electron chi connectivity index (χ2n) is 4.34. The zero-order chi connectivity index (χ0) is 13.6. The van der Waals surface area contributed by atoms with Crippen molar-refractivity contribution < 1.29 is 14.1 Å². The Morgan fingerprint density at radius 3 is 2.05 bits per heavy atom. The first kappa shape index (κ1) is 12.1. The fourth-order valence-electron chi connectivity index (χ4n) is 2.35. The number of ketones is 2. The van der Waals surface area contributed by atoms with Crippen molar-refractivity contribution in [1.82, 2.24) is 0 Å². The van der Waals surface area contributed by atoms with Crippen LogP contribution < -0.4 is 0 Å². The lowest BCUT2D eigenvalue weighted by Crippen LogP contribution is -2.23. The second kappa shape index (κ2) is 4.33. The van der Waals surface area contributed by atoms with E-state index in [1.807, 2.05) is 0 Å². The highest BCUT2D eigenvalue weighted by molar-refractivity contribution is 7.90. The molecule has 1 unspecified atom stereocenters. The van der Waals surface area contributed by atoms with Crippen LogP contribution in [0.4, 0.5) is 0 Å². The van der Waals surface area contributed by atoms with Crippen molar-refractivity contribution in [3.05, 3.63) is 64.7 Å². The summed E-state index contributed by atoms with van der Waals surface area (Å²) in [4.78, 5) is 25.3. The van der Waals surface area contributed by atoms with Gasteiger partial charge in [0.25, 0.3) is 0 Å². The van der Waals surface area contributed by atoms with Crippen LogP contribution in [0.1, 0.15) is 31.8 Å². The van der Waals surface area contributed by atoms with Gasteiger partial charge in [-0.25, -0.2) is 0 Å². The van der Waals surface area contributed by atoms with Crippen molar-refractivity contribution in [3.8, 4) is 0 Å². The van der Waals surface area contributed by atoms with Gasteiger partial charge in [-0.15, -0.1) is 0 Å². The van der Waals surface area contributed by atoms with Crippen molar-refractivity contribution >= 4 is 22.7 Å². The Morgan fingerprint density at radius 1 is 0.842 bits per heavy atom. The standard InChI is InChI=1S/C15H10O3S/c1-19(18)12-8-4-7-11-13(12)15(17)10-6-3-2-5-9(10)14(11)16/h2-8H,1H3. The van der Waals surface area contributed by atoms with Crippen molar-refractivity contribution in [3.63, 3.8) is 0 Å². The first-order chi connectivity index (χ1) is 9.11. The van der Waals surface area contributed by atoms with Gasteiger partial charge < -0.3 is 4.55 Å². The Morgan fingerprint density at radius 2 is 1.42 bits per heavy atom. The quantitative estimate of drug-likeness (QED) is 0.637. The van der Waals surface area contributed by atoms with Gasteiger partial charge in [0.05, 0.1) is 5.56 Å². The highest BCUT2D eigenvalue weighted by Crippen LogP contribution is 2.31. The van der Waals surface area contributed by atoms with Gasteiger partial charge in [0.2, 0.25) is 0 Å². The molecule has 0 fully saturated rings. The van der Waals surface area contributed by atoms with E-state index in [-0.39, 0.29) is 17.1 Å². The lowest BCUT2D eigenvalue weighted by molar-refractivity contribution is 0.0976. The minimum absolute atomic E-state index is 0.183. The number of hydrogen-bond acceptors (Lipinski definition) is 3. The van der Waals surface area contributed by atoms with Gasteiger partial charge in [-0.2, -0.15) is 0 Å². The number of benzene rings is 2. The van der Waals surface area contributed by atoms with Crippen LogP contribution in [0.5, 0.6) is 0 Å². The summed E-state index contributed by atoms with van der Waals surface area (Å²) in [5.74, 6) is -0.409. The molecule has 0 aliphatic heterocycles. The van der Waals surface area contributed by atoms with Gasteiger partial charge in [-0.3, -0.25) is 9.59 Å². The summed E-state index contributed by atoms with van der Waals surface area (Å²) in [6.07, 6.45) is 1.51. The lowest BCUT2D eigenvalue weighted by Gasteiger charge is -2.19. The molecule has 1 atom stereocenters. The molecule has 4 heteroatoms. The Hall–Kier alpha value is -1.91. The molecule has 0 amide bonds. The van der Waals surface area contributed by atoms with Crippen LogP contribution in [-0.2, 0) is 11.2 Å². The minimum Gasteiger partial charge on any atom is -0.612 e. The average molecular weight is 270 g/mol. The van der Waals surface area contributed by atoms with E-state index in [1.54, 1.807) is 42.5 Å². The number of fused-ring (bicyclic) bond motifs is 2. The molecule has 94 valence electrons. The maximum Gasteiger partial charge on any atom is 0.199 e. The number of carbonyl (C=O) groups is 2. The van der Waals surface area contributed by atoms with E-state index in [4.69, 9.17) is 0 Å². The smallest absolute Gasteiger partial charge is 0.199 e. The van der Waals surface area contributed by atoms with Crippen molar-refractivity contribution in [2.24, 2.45) is 0 Å². The van der Waals surface area contributed by atoms with Gasteiger partial charge in [0.15, 0.2) is 16.5 Å². The van der Waals surface area contributed by atoms with Crippen LogP contribution in [0.2, 0.25) is 0 Å². The van der Waals surface area contributed by atoms with Crippen LogP contribution in [-0.4, -0.2) is 22.4 Å². The summed E-state index contributed by atoms with van der Waals surface area (Å²) in [6.45, 7) is 0. The average Bonchev–Trinajstić information content (AvgIpc) is 2.44. The molecule has 2 aromatic rings. The molecule has 0 heterocycles. The molecule has 0 aromatic heterocycles. The largest absolute Gasteiger partial charge is 0.612 e. The maximum absolute atomic E-state index is 12.5. The van der Waals surface area contributed by atoms with Gasteiger partial charge >= 0.3 is 0 Å². The van der Waals surface area contributed by atoms with Crippen LogP contribution in [0.3, 0.4) is 0 Å². The predicted octanol–water partition coefficient (Wildman–Crippen LogP) is 2.20. The third kappa shape index (κ3) is 1.72. The second-order valence-corrected chi connectivity index (χ2v) is 5.68. The van der Waals surface area contributed by atoms with E-state index in [0.717, 1.165) is 0 Å². The minimum atomic E-state index is -1.30. The van der Waals surface area contributed by atoms with E-state index < -0.39 is 11.2 Å². The first-order valence-corrected chi connectivity index (χ1v) is 7.32. The molecule has 0 saturated carbocycles. The van der Waals surface area contributed by atoms with Crippen LogP contribution in [0.15, 0.2) is 47.4 Å². The third-order valence-electron chi connectivity index (χ3n) is 3.22. The third-order valence-corrected chi connectivity index (χ3v) is 4.18. The van der Waals surface area contributed by atoms with Crippen molar-refractivity contribution in [2.75, 3.05) is 6.26 Å². The first-order valence-electron chi connectivity index (χ1n) is 5.76. The number of carbonyl (C=O) groups excluding carboxylic acids is 2. The molecule has 3 rings (SSSR count). The fraction of sp³-hybridized carbons (Fsp3) is 0.0667. The maximum atomic E-state index is 12.5. The summed E-state index contributed by atoms with van der Waals surface area (Å²) in [7, 11) is 0. The summed E-state index contributed by atoms with van der Waals surface area (Å²) in [5, 5.41) is 0. The van der Waals surface area contributed by atoms with Gasteiger partial charge in [0.1, 0.15) is 6.26 Å². The predicted molar refractivity (Wildman–Crippen MR) is 72.1 cm³/mol. The van der Waals surface area contributed by atoms with Crippen LogP contribution in [0, 0.1) is 0 Å². The van der Waals surface area contributed by atoms with E-state index in [9.17, 15) is 14.1 Å². The number of rotatable bonds is 1. The topological polar surface area (TPSA) is 57.2 Å². The monoisotopic (exact) mass is 270 g/mol. The molecule has 0 bridgehead atoms. The van der Waals surface area contributed by atoms with E-state index >= 15 is 0 Å². The Balaban J connectivity index is 2.33. The normalized spacial score (nSPS) is 14.8. The Bertz CT molecular complexity index is 704. The Labute approximate surface area is 113 Å². The summed E-state index contributed by atoms with van der Waals surface area (Å²) in [6, 6.07) is 11.6. The van der Waals surface area contributed by atoms with Crippen molar-refractivity contribution in [2.45, 2.75) is 4.90 Å². The summed E-state index contributed by atoms with van der Waals surface area (Å²) in [5.41, 5.74) is 1.43. The molecule has 0 spiro atoms. The van der Waals surface area contributed by atoms with Gasteiger partial charge in [0, 0.05) is 16.7 Å². The zero-order valence-electron chi connectivity index (χ0n) is 10.2. The van der Waals surface area contributed by atoms with E-state index in [2.05, 4.69) is 0 Å². The molecule has 19 heavy (non-hydrogen) atoms. The molecule has 0 saturated heterocycles.